The maximum atomic E-state index is 8.93. The van der Waals surface area contributed by atoms with Gasteiger partial charge in [0.05, 0.1) is 11.9 Å². The molecular formula is C6H10N2O. The Hall–Kier alpha value is -0.990. The molecule has 1 rings (SSSR count). The lowest BCUT2D eigenvalue weighted by molar-refractivity contribution is 0.179. The molecule has 1 N–H and O–H groups in total. The summed E-state index contributed by atoms with van der Waals surface area (Å²) in [5, 5.41) is 8.93. The van der Waals surface area contributed by atoms with Gasteiger partial charge in [-0.25, -0.2) is 4.98 Å². The topological polar surface area (TPSA) is 38.0 Å². The van der Waals surface area contributed by atoms with E-state index in [2.05, 4.69) is 4.98 Å². The van der Waals surface area contributed by atoms with Crippen LogP contribution in [0.5, 0.6) is 0 Å². The third kappa shape index (κ3) is 1.04. The van der Waals surface area contributed by atoms with Gasteiger partial charge in [0.1, 0.15) is 5.82 Å². The van der Waals surface area contributed by atoms with Crippen molar-refractivity contribution in [2.45, 2.75) is 20.3 Å². The summed E-state index contributed by atoms with van der Waals surface area (Å²) in [7, 11) is 0. The van der Waals surface area contributed by atoms with Crippen LogP contribution in [0.15, 0.2) is 6.20 Å². The van der Waals surface area contributed by atoms with Crippen LogP contribution in [-0.4, -0.2) is 14.9 Å². The fourth-order valence-electron chi connectivity index (χ4n) is 0.693. The molecule has 0 saturated carbocycles. The lowest BCUT2D eigenvalue weighted by atomic mass is 10.4. The molecule has 0 aliphatic carbocycles. The molecule has 1 aromatic rings. The van der Waals surface area contributed by atoms with Crippen molar-refractivity contribution in [1.29, 1.82) is 0 Å². The second-order valence-electron chi connectivity index (χ2n) is 1.98. The highest BCUT2D eigenvalue weighted by atomic mass is 16.5. The fraction of sp³-hybridized carbons (Fsp3) is 0.500. The second kappa shape index (κ2) is 2.09. The van der Waals surface area contributed by atoms with E-state index in [1.165, 1.54) is 0 Å². The average molecular weight is 126 g/mol. The van der Waals surface area contributed by atoms with Gasteiger partial charge >= 0.3 is 0 Å². The van der Waals surface area contributed by atoms with Gasteiger partial charge in [0.15, 0.2) is 0 Å². The molecule has 0 spiro atoms. The van der Waals surface area contributed by atoms with E-state index in [4.69, 9.17) is 5.21 Å². The van der Waals surface area contributed by atoms with Crippen LogP contribution in [0.4, 0.5) is 0 Å². The number of rotatable bonds is 1. The molecule has 0 atom stereocenters. The van der Waals surface area contributed by atoms with Crippen molar-refractivity contribution >= 4 is 0 Å². The van der Waals surface area contributed by atoms with E-state index < -0.39 is 0 Å². The summed E-state index contributed by atoms with van der Waals surface area (Å²) in [6, 6.07) is 0. The molecule has 0 radical (unpaired) electrons. The van der Waals surface area contributed by atoms with E-state index in [1.54, 1.807) is 13.1 Å². The van der Waals surface area contributed by atoms with Gasteiger partial charge in [-0.15, -0.1) is 0 Å². The normalized spacial score (nSPS) is 10.0. The number of nitrogens with zero attached hydrogens (tertiary/aromatic N) is 2. The monoisotopic (exact) mass is 126 g/mol. The van der Waals surface area contributed by atoms with Crippen molar-refractivity contribution in [3.63, 3.8) is 0 Å². The lowest BCUT2D eigenvalue weighted by Gasteiger charge is -1.86. The predicted octanol–water partition coefficient (Wildman–Crippen LogP) is 0.991. The Morgan fingerprint density at radius 2 is 2.44 bits per heavy atom. The average Bonchev–Trinajstić information content (AvgIpc) is 2.13. The first kappa shape index (κ1) is 6.13. The highest BCUT2D eigenvalue weighted by molar-refractivity contribution is 5.00. The van der Waals surface area contributed by atoms with Crippen molar-refractivity contribution in [3.8, 4) is 0 Å². The third-order valence-corrected chi connectivity index (χ3v) is 1.27. The van der Waals surface area contributed by atoms with Gasteiger partial charge in [0, 0.05) is 0 Å². The molecule has 3 nitrogen and oxygen atoms in total. The molecular weight excluding hydrogens is 116 g/mol. The van der Waals surface area contributed by atoms with Crippen LogP contribution in [0.2, 0.25) is 0 Å². The van der Waals surface area contributed by atoms with Gasteiger partial charge < -0.3 is 5.21 Å². The van der Waals surface area contributed by atoms with Crippen molar-refractivity contribution in [2.75, 3.05) is 0 Å². The highest BCUT2D eigenvalue weighted by Crippen LogP contribution is 1.98. The number of aryl methyl sites for hydroxylation is 2. The van der Waals surface area contributed by atoms with Gasteiger partial charge in [0.25, 0.3) is 0 Å². The second-order valence-corrected chi connectivity index (χ2v) is 1.98. The van der Waals surface area contributed by atoms with Gasteiger partial charge in [-0.1, -0.05) is 6.92 Å². The molecule has 0 aromatic carbocycles. The van der Waals surface area contributed by atoms with Gasteiger partial charge in [-0.2, -0.15) is 4.73 Å². The largest absolute Gasteiger partial charge is 0.427 e. The van der Waals surface area contributed by atoms with E-state index in [0.29, 0.717) is 5.82 Å². The zero-order valence-corrected chi connectivity index (χ0v) is 5.63. The van der Waals surface area contributed by atoms with E-state index in [1.807, 2.05) is 6.92 Å². The predicted molar refractivity (Wildman–Crippen MR) is 33.5 cm³/mol. The van der Waals surface area contributed by atoms with Gasteiger partial charge in [0.2, 0.25) is 0 Å². The molecule has 1 aromatic heterocycles. The van der Waals surface area contributed by atoms with Crippen molar-refractivity contribution < 1.29 is 5.21 Å². The van der Waals surface area contributed by atoms with E-state index in [-0.39, 0.29) is 0 Å². The van der Waals surface area contributed by atoms with Gasteiger partial charge in [-0.3, -0.25) is 0 Å². The zero-order valence-electron chi connectivity index (χ0n) is 5.63. The SMILES string of the molecule is CCc1cn(O)c(C)n1. The number of hydrogen-bond acceptors (Lipinski definition) is 2. The smallest absolute Gasteiger partial charge is 0.141 e. The Bertz CT molecular complexity index is 185. The quantitative estimate of drug-likeness (QED) is 0.570. The molecule has 0 aliphatic rings. The fourth-order valence-corrected chi connectivity index (χ4v) is 0.693. The molecule has 9 heavy (non-hydrogen) atoms. The first-order valence-corrected chi connectivity index (χ1v) is 2.98. The molecule has 1 heterocycles. The van der Waals surface area contributed by atoms with Crippen LogP contribution in [0.3, 0.4) is 0 Å². The molecule has 0 amide bonds. The standard InChI is InChI=1S/C6H10N2O/c1-3-6-4-8(9)5(2)7-6/h4,9H,3H2,1-2H3. The maximum Gasteiger partial charge on any atom is 0.141 e. The Labute approximate surface area is 53.9 Å². The van der Waals surface area contributed by atoms with Crippen LogP contribution in [0.25, 0.3) is 0 Å². The number of aromatic nitrogens is 2. The van der Waals surface area contributed by atoms with E-state index in [9.17, 15) is 0 Å². The Kier molecular flexibility index (Phi) is 1.42. The van der Waals surface area contributed by atoms with Crippen LogP contribution in [0, 0.1) is 6.92 Å². The summed E-state index contributed by atoms with van der Waals surface area (Å²) in [6.45, 7) is 3.76. The first-order valence-electron chi connectivity index (χ1n) is 2.98. The van der Waals surface area contributed by atoms with Crippen molar-refractivity contribution in [1.82, 2.24) is 9.71 Å². The Balaban J connectivity index is 2.98. The van der Waals surface area contributed by atoms with Crippen LogP contribution in [0.1, 0.15) is 18.4 Å². The first-order chi connectivity index (χ1) is 4.24. The molecule has 50 valence electrons. The summed E-state index contributed by atoms with van der Waals surface area (Å²) >= 11 is 0. The summed E-state index contributed by atoms with van der Waals surface area (Å²) < 4.78 is 1.04. The summed E-state index contributed by atoms with van der Waals surface area (Å²) in [4.78, 5) is 4.04. The van der Waals surface area contributed by atoms with Crippen LogP contribution in [-0.2, 0) is 6.42 Å². The van der Waals surface area contributed by atoms with E-state index in [0.717, 1.165) is 16.8 Å². The summed E-state index contributed by atoms with van der Waals surface area (Å²) in [6.07, 6.45) is 2.49. The van der Waals surface area contributed by atoms with E-state index >= 15 is 0 Å². The minimum atomic E-state index is 0.645. The molecule has 0 bridgehead atoms. The van der Waals surface area contributed by atoms with Gasteiger partial charge in [-0.05, 0) is 13.3 Å². The van der Waals surface area contributed by atoms with Crippen molar-refractivity contribution in [3.05, 3.63) is 17.7 Å². The molecule has 3 heteroatoms. The summed E-state index contributed by atoms with van der Waals surface area (Å²) in [5.74, 6) is 0.645. The number of hydrogen-bond donors (Lipinski definition) is 1. The van der Waals surface area contributed by atoms with Crippen LogP contribution < -0.4 is 0 Å². The molecule has 0 fully saturated rings. The minimum Gasteiger partial charge on any atom is -0.427 e. The molecule has 0 saturated heterocycles. The number of imidazole rings is 1. The third-order valence-electron chi connectivity index (χ3n) is 1.27. The summed E-state index contributed by atoms with van der Waals surface area (Å²) in [5.41, 5.74) is 0.926. The molecule has 0 aliphatic heterocycles. The Morgan fingerprint density at radius 3 is 2.67 bits per heavy atom. The Morgan fingerprint density at radius 1 is 1.78 bits per heavy atom. The lowest BCUT2D eigenvalue weighted by Crippen LogP contribution is -1.89. The zero-order chi connectivity index (χ0) is 6.85. The van der Waals surface area contributed by atoms with Crippen LogP contribution >= 0.6 is 0 Å². The molecule has 0 unspecified atom stereocenters. The van der Waals surface area contributed by atoms with Crippen molar-refractivity contribution in [2.24, 2.45) is 0 Å². The minimum absolute atomic E-state index is 0.645. The maximum absolute atomic E-state index is 8.93. The highest BCUT2D eigenvalue weighted by Gasteiger charge is 1.97.